The van der Waals surface area contributed by atoms with Crippen molar-refractivity contribution in [3.05, 3.63) is 90.6 Å². The summed E-state index contributed by atoms with van der Waals surface area (Å²) < 4.78 is 18.6. The number of carbonyl (C=O) groups is 1. The minimum Gasteiger partial charge on any atom is -0.496 e. The number of benzene rings is 2. The first-order valence-electron chi connectivity index (χ1n) is 11.4. The number of fused-ring (bicyclic) bond motifs is 1. The fourth-order valence-corrected chi connectivity index (χ4v) is 5.07. The number of hydrogen-bond donors (Lipinski definition) is 0. The van der Waals surface area contributed by atoms with Crippen molar-refractivity contribution < 1.29 is 19.0 Å². The Labute approximate surface area is 207 Å². The Morgan fingerprint density at radius 1 is 1.17 bits per heavy atom. The molecule has 8 heteroatoms. The van der Waals surface area contributed by atoms with Gasteiger partial charge in [0.25, 0.3) is 5.56 Å². The van der Waals surface area contributed by atoms with Crippen LogP contribution in [-0.2, 0) is 9.53 Å². The summed E-state index contributed by atoms with van der Waals surface area (Å²) in [6, 6.07) is 14.3. The fourth-order valence-electron chi connectivity index (χ4n) is 4.03. The zero-order chi connectivity index (χ0) is 25.1. The number of para-hydroxylation sites is 1. The average Bonchev–Trinajstić information content (AvgIpc) is 3.13. The molecule has 0 fully saturated rings. The van der Waals surface area contributed by atoms with E-state index in [2.05, 4.69) is 4.99 Å². The minimum atomic E-state index is -0.668. The summed E-state index contributed by atoms with van der Waals surface area (Å²) in [4.78, 5) is 31.8. The van der Waals surface area contributed by atoms with Gasteiger partial charge in [-0.3, -0.25) is 9.36 Å². The summed E-state index contributed by atoms with van der Waals surface area (Å²) in [6.45, 7) is 7.66. The van der Waals surface area contributed by atoms with Crippen LogP contribution in [0.4, 0.5) is 0 Å². The number of carbonyl (C=O) groups excluding carboxylic acids is 1. The maximum atomic E-state index is 13.7. The van der Waals surface area contributed by atoms with E-state index in [0.29, 0.717) is 32.1 Å². The maximum Gasteiger partial charge on any atom is 0.338 e. The van der Waals surface area contributed by atoms with Gasteiger partial charge in [-0.15, -0.1) is 0 Å². The Morgan fingerprint density at radius 2 is 1.89 bits per heavy atom. The summed E-state index contributed by atoms with van der Waals surface area (Å²) in [7, 11) is 1.59. The predicted octanol–water partition coefficient (Wildman–Crippen LogP) is 3.59. The topological polar surface area (TPSA) is 79.1 Å². The highest BCUT2D eigenvalue weighted by Crippen LogP contribution is 2.31. The van der Waals surface area contributed by atoms with Crippen LogP contribution in [0.15, 0.2) is 69.6 Å². The van der Waals surface area contributed by atoms with Crippen molar-refractivity contribution in [3.8, 4) is 11.5 Å². The van der Waals surface area contributed by atoms with Crippen LogP contribution in [0.25, 0.3) is 6.08 Å². The molecule has 0 amide bonds. The molecule has 4 rings (SSSR count). The van der Waals surface area contributed by atoms with Gasteiger partial charge in [0.15, 0.2) is 4.80 Å². The summed E-state index contributed by atoms with van der Waals surface area (Å²) >= 11 is 1.28. The van der Waals surface area contributed by atoms with Crippen molar-refractivity contribution in [2.45, 2.75) is 39.8 Å². The van der Waals surface area contributed by atoms with Crippen molar-refractivity contribution in [1.29, 1.82) is 0 Å². The Hall–Kier alpha value is -3.65. The van der Waals surface area contributed by atoms with Gasteiger partial charge < -0.3 is 14.2 Å². The Kier molecular flexibility index (Phi) is 7.21. The van der Waals surface area contributed by atoms with Crippen LogP contribution in [0, 0.1) is 0 Å². The quantitative estimate of drug-likeness (QED) is 0.471. The van der Waals surface area contributed by atoms with E-state index in [4.69, 9.17) is 14.2 Å². The van der Waals surface area contributed by atoms with Crippen LogP contribution < -0.4 is 24.4 Å². The highest BCUT2D eigenvalue weighted by molar-refractivity contribution is 7.07. The zero-order valence-corrected chi connectivity index (χ0v) is 21.2. The molecular weight excluding hydrogens is 464 g/mol. The number of methoxy groups -OCH3 is 1. The molecule has 7 nitrogen and oxygen atoms in total. The number of hydrogen-bond acceptors (Lipinski definition) is 7. The van der Waals surface area contributed by atoms with Crippen LogP contribution in [0.2, 0.25) is 0 Å². The van der Waals surface area contributed by atoms with E-state index < -0.39 is 12.0 Å². The van der Waals surface area contributed by atoms with Crippen LogP contribution in [0.5, 0.6) is 11.5 Å². The van der Waals surface area contributed by atoms with Gasteiger partial charge in [-0.05, 0) is 57.5 Å². The highest BCUT2D eigenvalue weighted by atomic mass is 32.1. The van der Waals surface area contributed by atoms with Gasteiger partial charge in [-0.2, -0.15) is 0 Å². The number of esters is 1. The lowest BCUT2D eigenvalue weighted by molar-refractivity contribution is -0.139. The number of nitrogens with zero attached hydrogens (tertiary/aromatic N) is 2. The number of ether oxygens (including phenoxy) is 3. The van der Waals surface area contributed by atoms with E-state index in [1.165, 1.54) is 11.3 Å². The molecule has 2 aromatic carbocycles. The van der Waals surface area contributed by atoms with Gasteiger partial charge in [-0.1, -0.05) is 41.7 Å². The third-order valence-corrected chi connectivity index (χ3v) is 6.49. The van der Waals surface area contributed by atoms with Crippen LogP contribution in [0.3, 0.4) is 0 Å². The maximum absolute atomic E-state index is 13.7. The summed E-state index contributed by atoms with van der Waals surface area (Å²) in [5.41, 5.74) is 2.19. The van der Waals surface area contributed by atoms with Gasteiger partial charge in [0, 0.05) is 5.56 Å². The molecule has 3 aromatic rings. The first-order chi connectivity index (χ1) is 16.8. The number of rotatable bonds is 7. The lowest BCUT2D eigenvalue weighted by Crippen LogP contribution is -2.39. The molecule has 0 saturated carbocycles. The second kappa shape index (κ2) is 10.3. The van der Waals surface area contributed by atoms with Gasteiger partial charge in [0.2, 0.25) is 0 Å². The van der Waals surface area contributed by atoms with Gasteiger partial charge in [0.1, 0.15) is 11.5 Å². The third kappa shape index (κ3) is 4.93. The third-order valence-electron chi connectivity index (χ3n) is 5.51. The fraction of sp³-hybridized carbons (Fsp3) is 0.296. The molecule has 35 heavy (non-hydrogen) atoms. The van der Waals surface area contributed by atoms with Crippen molar-refractivity contribution >= 4 is 23.4 Å². The van der Waals surface area contributed by atoms with E-state index in [0.717, 1.165) is 11.1 Å². The Morgan fingerprint density at radius 3 is 2.54 bits per heavy atom. The van der Waals surface area contributed by atoms with Gasteiger partial charge in [-0.25, -0.2) is 9.79 Å². The van der Waals surface area contributed by atoms with Gasteiger partial charge in [0.05, 0.1) is 41.7 Å². The first-order valence-corrected chi connectivity index (χ1v) is 12.2. The van der Waals surface area contributed by atoms with E-state index in [-0.39, 0.29) is 18.3 Å². The minimum absolute atomic E-state index is 0.0331. The molecule has 0 unspecified atom stereocenters. The molecule has 0 aliphatic carbocycles. The van der Waals surface area contributed by atoms with Crippen LogP contribution in [-0.4, -0.2) is 30.4 Å². The van der Waals surface area contributed by atoms with Crippen molar-refractivity contribution in [2.75, 3.05) is 13.7 Å². The zero-order valence-electron chi connectivity index (χ0n) is 20.4. The number of aromatic nitrogens is 1. The van der Waals surface area contributed by atoms with E-state index in [9.17, 15) is 9.59 Å². The molecule has 1 aromatic heterocycles. The summed E-state index contributed by atoms with van der Waals surface area (Å²) in [5.74, 6) is 0.894. The molecule has 1 aliphatic heterocycles. The monoisotopic (exact) mass is 492 g/mol. The lowest BCUT2D eigenvalue weighted by Gasteiger charge is -2.25. The van der Waals surface area contributed by atoms with Gasteiger partial charge >= 0.3 is 5.97 Å². The van der Waals surface area contributed by atoms with E-state index in [1.54, 1.807) is 31.6 Å². The average molecular weight is 493 g/mol. The predicted molar refractivity (Wildman–Crippen MR) is 136 cm³/mol. The largest absolute Gasteiger partial charge is 0.496 e. The second-order valence-electron chi connectivity index (χ2n) is 8.28. The standard InChI is InChI=1S/C27H28N2O5S/c1-6-33-26(31)23-17(4)28-27-29(24(23)18-11-13-20(14-12-18)34-16(2)3)25(30)22(35-27)15-19-9-7-8-10-21(19)32-5/h7-16,24H,6H2,1-5H3/b22-15+/t24-/m1/s1. The smallest absolute Gasteiger partial charge is 0.338 e. The van der Waals surface area contributed by atoms with E-state index >= 15 is 0 Å². The molecule has 0 N–H and O–H groups in total. The molecular formula is C27H28N2O5S. The Balaban J connectivity index is 1.91. The molecule has 0 radical (unpaired) electrons. The SMILES string of the molecule is CCOC(=O)C1=C(C)N=c2s/c(=C/c3ccccc3OC)c(=O)n2[C@@H]1c1ccc(OC(C)C)cc1. The Bertz CT molecular complexity index is 1450. The van der Waals surface area contributed by atoms with Crippen LogP contribution in [0.1, 0.15) is 44.9 Å². The molecule has 0 spiro atoms. The normalized spacial score (nSPS) is 15.6. The molecule has 2 heterocycles. The highest BCUT2D eigenvalue weighted by Gasteiger charge is 2.33. The van der Waals surface area contributed by atoms with Crippen molar-refractivity contribution in [2.24, 2.45) is 4.99 Å². The van der Waals surface area contributed by atoms with Crippen molar-refractivity contribution in [3.63, 3.8) is 0 Å². The summed E-state index contributed by atoms with van der Waals surface area (Å²) in [5, 5.41) is 0. The lowest BCUT2D eigenvalue weighted by atomic mass is 9.96. The second-order valence-corrected chi connectivity index (χ2v) is 9.29. The molecule has 0 saturated heterocycles. The number of thiazole rings is 1. The summed E-state index contributed by atoms with van der Waals surface area (Å²) in [6.07, 6.45) is 1.83. The first kappa shape index (κ1) is 24.5. The van der Waals surface area contributed by atoms with Crippen molar-refractivity contribution in [1.82, 2.24) is 4.57 Å². The van der Waals surface area contributed by atoms with E-state index in [1.807, 2.05) is 62.4 Å². The molecule has 0 bridgehead atoms. The molecule has 182 valence electrons. The molecule has 1 aliphatic rings. The number of allylic oxidation sites excluding steroid dienone is 1. The van der Waals surface area contributed by atoms with Crippen LogP contribution >= 0.6 is 11.3 Å². The molecule has 1 atom stereocenters.